The SMILES string of the molecule is C=CC[C@@H](N)CC(=O)OC.Cl. The number of methoxy groups -OCH3 is 1. The Morgan fingerprint density at radius 3 is 2.73 bits per heavy atom. The van der Waals surface area contributed by atoms with Gasteiger partial charge in [0.1, 0.15) is 0 Å². The summed E-state index contributed by atoms with van der Waals surface area (Å²) in [4.78, 5) is 10.6. The molecule has 0 radical (unpaired) electrons. The largest absolute Gasteiger partial charge is 0.469 e. The molecule has 0 aromatic rings. The van der Waals surface area contributed by atoms with Crippen LogP contribution in [0.5, 0.6) is 0 Å². The van der Waals surface area contributed by atoms with Gasteiger partial charge in [-0.25, -0.2) is 0 Å². The summed E-state index contributed by atoms with van der Waals surface area (Å²) < 4.78 is 4.41. The van der Waals surface area contributed by atoms with E-state index in [0.29, 0.717) is 6.42 Å². The molecule has 4 heteroatoms. The molecule has 0 saturated carbocycles. The highest BCUT2D eigenvalue weighted by Crippen LogP contribution is 1.95. The molecule has 66 valence electrons. The van der Waals surface area contributed by atoms with Gasteiger partial charge in [0.15, 0.2) is 0 Å². The van der Waals surface area contributed by atoms with Crippen LogP contribution in [0.15, 0.2) is 12.7 Å². The summed E-state index contributed by atoms with van der Waals surface area (Å²) in [6.45, 7) is 3.50. The van der Waals surface area contributed by atoms with Gasteiger partial charge in [-0.05, 0) is 6.42 Å². The first-order valence-corrected chi connectivity index (χ1v) is 3.14. The zero-order valence-corrected chi connectivity index (χ0v) is 7.39. The summed E-state index contributed by atoms with van der Waals surface area (Å²) in [5, 5.41) is 0. The molecule has 0 spiro atoms. The Labute approximate surface area is 73.0 Å². The Bertz CT molecular complexity index is 128. The van der Waals surface area contributed by atoms with Crippen molar-refractivity contribution >= 4 is 18.4 Å². The van der Waals surface area contributed by atoms with Gasteiger partial charge in [0.25, 0.3) is 0 Å². The molecular weight excluding hydrogens is 166 g/mol. The molecule has 0 fully saturated rings. The quantitative estimate of drug-likeness (QED) is 0.515. The molecule has 11 heavy (non-hydrogen) atoms. The van der Waals surface area contributed by atoms with E-state index >= 15 is 0 Å². The van der Waals surface area contributed by atoms with Crippen LogP contribution in [0.25, 0.3) is 0 Å². The lowest BCUT2D eigenvalue weighted by Crippen LogP contribution is -2.23. The van der Waals surface area contributed by atoms with Gasteiger partial charge in [0.05, 0.1) is 13.5 Å². The number of ether oxygens (including phenoxy) is 1. The number of carbonyl (C=O) groups is 1. The highest BCUT2D eigenvalue weighted by Gasteiger charge is 2.06. The maximum atomic E-state index is 10.6. The number of nitrogens with two attached hydrogens (primary N) is 1. The fraction of sp³-hybridized carbons (Fsp3) is 0.571. The Morgan fingerprint density at radius 2 is 2.36 bits per heavy atom. The van der Waals surface area contributed by atoms with Crippen LogP contribution < -0.4 is 5.73 Å². The third kappa shape index (κ3) is 7.36. The minimum absolute atomic E-state index is 0. The zero-order chi connectivity index (χ0) is 7.98. The normalized spacial score (nSPS) is 11.1. The van der Waals surface area contributed by atoms with E-state index in [-0.39, 0.29) is 30.8 Å². The van der Waals surface area contributed by atoms with Gasteiger partial charge >= 0.3 is 5.97 Å². The average Bonchev–Trinajstić information content (AvgIpc) is 1.88. The summed E-state index contributed by atoms with van der Waals surface area (Å²) in [7, 11) is 1.35. The molecule has 0 bridgehead atoms. The first kappa shape index (κ1) is 13.1. The first-order chi connectivity index (χ1) is 4.70. The van der Waals surface area contributed by atoms with Crippen molar-refractivity contribution < 1.29 is 9.53 Å². The van der Waals surface area contributed by atoms with Gasteiger partial charge in [-0.15, -0.1) is 19.0 Å². The van der Waals surface area contributed by atoms with Crippen LogP contribution in [-0.4, -0.2) is 19.1 Å². The van der Waals surface area contributed by atoms with E-state index in [0.717, 1.165) is 0 Å². The summed E-state index contributed by atoms with van der Waals surface area (Å²) in [5.41, 5.74) is 5.49. The Balaban J connectivity index is 0. The smallest absolute Gasteiger partial charge is 0.307 e. The second-order valence-electron chi connectivity index (χ2n) is 2.06. The zero-order valence-electron chi connectivity index (χ0n) is 6.58. The number of halogens is 1. The number of hydrogen-bond donors (Lipinski definition) is 1. The average molecular weight is 180 g/mol. The second-order valence-corrected chi connectivity index (χ2v) is 2.06. The van der Waals surface area contributed by atoms with Crippen LogP contribution >= 0.6 is 12.4 Å². The molecular formula is C7H14ClNO2. The minimum atomic E-state index is -0.269. The lowest BCUT2D eigenvalue weighted by Gasteiger charge is -2.05. The molecule has 0 rings (SSSR count). The molecule has 0 aliphatic carbocycles. The van der Waals surface area contributed by atoms with E-state index in [1.807, 2.05) is 0 Å². The van der Waals surface area contributed by atoms with Crippen LogP contribution in [-0.2, 0) is 9.53 Å². The molecule has 0 heterocycles. The number of rotatable bonds is 4. The van der Waals surface area contributed by atoms with Crippen LogP contribution in [0.1, 0.15) is 12.8 Å². The molecule has 0 saturated heterocycles. The van der Waals surface area contributed by atoms with E-state index in [4.69, 9.17) is 5.73 Å². The van der Waals surface area contributed by atoms with Gasteiger partial charge in [-0.1, -0.05) is 6.08 Å². The van der Waals surface area contributed by atoms with E-state index in [1.54, 1.807) is 6.08 Å². The van der Waals surface area contributed by atoms with Crippen molar-refractivity contribution in [3.05, 3.63) is 12.7 Å². The highest BCUT2D eigenvalue weighted by molar-refractivity contribution is 5.85. The number of carbonyl (C=O) groups excluding carboxylic acids is 1. The topological polar surface area (TPSA) is 52.3 Å². The number of hydrogen-bond acceptors (Lipinski definition) is 3. The van der Waals surface area contributed by atoms with Crippen molar-refractivity contribution in [3.8, 4) is 0 Å². The van der Waals surface area contributed by atoms with Crippen molar-refractivity contribution in [1.82, 2.24) is 0 Å². The minimum Gasteiger partial charge on any atom is -0.469 e. The summed E-state index contributed by atoms with van der Waals surface area (Å²) in [5.74, 6) is -0.269. The van der Waals surface area contributed by atoms with Gasteiger partial charge < -0.3 is 10.5 Å². The molecule has 0 amide bonds. The Morgan fingerprint density at radius 1 is 1.82 bits per heavy atom. The summed E-state index contributed by atoms with van der Waals surface area (Å²) in [6, 6.07) is -0.148. The maximum absolute atomic E-state index is 10.6. The molecule has 1 atom stereocenters. The molecule has 0 aliphatic rings. The first-order valence-electron chi connectivity index (χ1n) is 3.14. The van der Waals surface area contributed by atoms with E-state index in [1.165, 1.54) is 7.11 Å². The second kappa shape index (κ2) is 7.57. The van der Waals surface area contributed by atoms with Gasteiger partial charge in [-0.2, -0.15) is 0 Å². The van der Waals surface area contributed by atoms with Crippen molar-refractivity contribution in [2.45, 2.75) is 18.9 Å². The predicted octanol–water partition coefficient (Wildman–Crippen LogP) is 0.875. The van der Waals surface area contributed by atoms with Crippen molar-refractivity contribution in [2.75, 3.05) is 7.11 Å². The van der Waals surface area contributed by atoms with Gasteiger partial charge in [-0.3, -0.25) is 4.79 Å². The fourth-order valence-corrected chi connectivity index (χ4v) is 0.595. The van der Waals surface area contributed by atoms with Crippen LogP contribution in [0.3, 0.4) is 0 Å². The summed E-state index contributed by atoms with van der Waals surface area (Å²) >= 11 is 0. The van der Waals surface area contributed by atoms with Crippen LogP contribution in [0.2, 0.25) is 0 Å². The van der Waals surface area contributed by atoms with Crippen molar-refractivity contribution in [3.63, 3.8) is 0 Å². The predicted molar refractivity (Wildman–Crippen MR) is 46.7 cm³/mol. The van der Waals surface area contributed by atoms with Gasteiger partial charge in [0, 0.05) is 6.04 Å². The van der Waals surface area contributed by atoms with E-state index in [9.17, 15) is 4.79 Å². The molecule has 3 nitrogen and oxygen atoms in total. The maximum Gasteiger partial charge on any atom is 0.307 e. The van der Waals surface area contributed by atoms with E-state index < -0.39 is 0 Å². The third-order valence-corrected chi connectivity index (χ3v) is 1.13. The van der Waals surface area contributed by atoms with Crippen molar-refractivity contribution in [2.24, 2.45) is 5.73 Å². The van der Waals surface area contributed by atoms with Crippen LogP contribution in [0, 0.1) is 0 Å². The monoisotopic (exact) mass is 179 g/mol. The third-order valence-electron chi connectivity index (χ3n) is 1.13. The summed E-state index contributed by atoms with van der Waals surface area (Å²) in [6.07, 6.45) is 2.60. The Hall–Kier alpha value is -0.540. The molecule has 0 aliphatic heterocycles. The van der Waals surface area contributed by atoms with Crippen molar-refractivity contribution in [1.29, 1.82) is 0 Å². The highest BCUT2D eigenvalue weighted by atomic mass is 35.5. The standard InChI is InChI=1S/C7H13NO2.ClH/c1-3-4-6(8)5-7(9)10-2;/h3,6H,1,4-5,8H2,2H3;1H/t6-;/m1./s1. The molecule has 2 N–H and O–H groups in total. The van der Waals surface area contributed by atoms with Crippen LogP contribution in [0.4, 0.5) is 0 Å². The van der Waals surface area contributed by atoms with Gasteiger partial charge in [0.2, 0.25) is 0 Å². The fourth-order valence-electron chi connectivity index (χ4n) is 0.595. The molecule has 0 aromatic carbocycles. The number of esters is 1. The van der Waals surface area contributed by atoms with E-state index in [2.05, 4.69) is 11.3 Å². The Kier molecular flexibility index (Phi) is 9.00. The molecule has 0 unspecified atom stereocenters. The molecule has 0 aromatic heterocycles. The lowest BCUT2D eigenvalue weighted by molar-refractivity contribution is -0.140. The lowest BCUT2D eigenvalue weighted by atomic mass is 10.1.